The fourth-order valence-electron chi connectivity index (χ4n) is 1.85. The van der Waals surface area contributed by atoms with Gasteiger partial charge in [0.25, 0.3) is 0 Å². The summed E-state index contributed by atoms with van der Waals surface area (Å²) in [6, 6.07) is 9.77. The minimum Gasteiger partial charge on any atom is -0.398 e. The lowest BCUT2D eigenvalue weighted by Gasteiger charge is -2.17. The number of nitrogen functional groups attached to an aromatic ring is 1. The average Bonchev–Trinajstić information content (AvgIpc) is 2.41. The molecule has 2 N–H and O–H groups in total. The van der Waals surface area contributed by atoms with Crippen molar-refractivity contribution in [1.82, 2.24) is 9.29 Å². The molecule has 0 bridgehead atoms. The number of hydrogen-bond acceptors (Lipinski definition) is 4. The van der Waals surface area contributed by atoms with Crippen LogP contribution >= 0.6 is 11.6 Å². The van der Waals surface area contributed by atoms with Crippen LogP contribution in [0.1, 0.15) is 11.4 Å². The maximum atomic E-state index is 12.5. The zero-order valence-electron chi connectivity index (χ0n) is 11.7. The number of pyridine rings is 1. The number of nitrogens with zero attached hydrogens (tertiary/aromatic N) is 2. The van der Waals surface area contributed by atoms with E-state index in [0.717, 1.165) is 5.69 Å². The number of aromatic nitrogens is 1. The first-order valence-corrected chi connectivity index (χ1v) is 8.06. The second kappa shape index (κ2) is 6.01. The van der Waals surface area contributed by atoms with Crippen molar-refractivity contribution < 1.29 is 8.42 Å². The lowest BCUT2D eigenvalue weighted by molar-refractivity contribution is 0.462. The number of halogens is 1. The predicted octanol–water partition coefficient (Wildman–Crippen LogP) is 2.45. The van der Waals surface area contributed by atoms with Crippen molar-refractivity contribution in [3.8, 4) is 0 Å². The molecular weight excluding hydrogens is 310 g/mol. The van der Waals surface area contributed by atoms with E-state index in [1.54, 1.807) is 6.07 Å². The number of sulfonamides is 1. The summed E-state index contributed by atoms with van der Waals surface area (Å²) in [5.41, 5.74) is 7.47. The lowest BCUT2D eigenvalue weighted by atomic mass is 10.3. The summed E-state index contributed by atoms with van der Waals surface area (Å²) >= 11 is 5.89. The summed E-state index contributed by atoms with van der Waals surface area (Å²) < 4.78 is 26.2. The number of benzene rings is 1. The van der Waals surface area contributed by atoms with Crippen LogP contribution in [0.3, 0.4) is 0 Å². The van der Waals surface area contributed by atoms with E-state index < -0.39 is 10.0 Å². The maximum Gasteiger partial charge on any atom is 0.243 e. The Labute approximate surface area is 129 Å². The fraction of sp³-hybridized carbons (Fsp3) is 0.214. The topological polar surface area (TPSA) is 76.3 Å². The highest BCUT2D eigenvalue weighted by atomic mass is 35.5. The van der Waals surface area contributed by atoms with Crippen molar-refractivity contribution >= 4 is 27.3 Å². The van der Waals surface area contributed by atoms with Crippen LogP contribution < -0.4 is 5.73 Å². The third kappa shape index (κ3) is 3.53. The van der Waals surface area contributed by atoms with Gasteiger partial charge in [0, 0.05) is 12.7 Å². The van der Waals surface area contributed by atoms with E-state index in [0.29, 0.717) is 11.4 Å². The first kappa shape index (κ1) is 15.8. The first-order valence-electron chi connectivity index (χ1n) is 6.24. The van der Waals surface area contributed by atoms with Gasteiger partial charge in [-0.3, -0.25) is 4.98 Å². The lowest BCUT2D eigenvalue weighted by Crippen LogP contribution is -2.27. The van der Waals surface area contributed by atoms with Crippen molar-refractivity contribution in [3.63, 3.8) is 0 Å². The van der Waals surface area contributed by atoms with Crippen LogP contribution in [-0.2, 0) is 16.6 Å². The average molecular weight is 326 g/mol. The molecule has 0 fully saturated rings. The smallest absolute Gasteiger partial charge is 0.243 e. The van der Waals surface area contributed by atoms with E-state index in [2.05, 4.69) is 4.98 Å². The monoisotopic (exact) mass is 325 g/mol. The summed E-state index contributed by atoms with van der Waals surface area (Å²) in [5, 5.41) is 0.221. The van der Waals surface area contributed by atoms with Gasteiger partial charge in [0.15, 0.2) is 0 Å². The third-order valence-electron chi connectivity index (χ3n) is 3.01. The Morgan fingerprint density at radius 2 is 2.00 bits per heavy atom. The number of hydrogen-bond donors (Lipinski definition) is 1. The van der Waals surface area contributed by atoms with Gasteiger partial charge in [-0.2, -0.15) is 4.31 Å². The van der Waals surface area contributed by atoms with Crippen LogP contribution in [0.4, 0.5) is 5.69 Å². The maximum absolute atomic E-state index is 12.5. The van der Waals surface area contributed by atoms with Gasteiger partial charge in [-0.25, -0.2) is 8.42 Å². The standard InChI is InChI=1S/C14H16ClN3O2S/c1-10-4-3-5-11(17-10)9-18(2)21(19,20)12-6-7-14(16)13(15)8-12/h3-8H,9,16H2,1-2H3. The Morgan fingerprint density at radius 1 is 1.29 bits per heavy atom. The van der Waals surface area contributed by atoms with Crippen molar-refractivity contribution in [2.24, 2.45) is 0 Å². The van der Waals surface area contributed by atoms with Gasteiger partial charge in [-0.05, 0) is 37.3 Å². The van der Waals surface area contributed by atoms with E-state index in [1.165, 1.54) is 29.6 Å². The van der Waals surface area contributed by atoms with Crippen LogP contribution in [0.2, 0.25) is 5.02 Å². The third-order valence-corrected chi connectivity index (χ3v) is 5.14. The molecule has 112 valence electrons. The minimum atomic E-state index is -3.64. The van der Waals surface area contributed by atoms with Gasteiger partial charge in [-0.15, -0.1) is 0 Å². The number of anilines is 1. The fourth-order valence-corrected chi connectivity index (χ4v) is 3.26. The zero-order valence-corrected chi connectivity index (χ0v) is 13.3. The zero-order chi connectivity index (χ0) is 15.6. The summed E-state index contributed by atoms with van der Waals surface area (Å²) in [6.45, 7) is 2.05. The predicted molar refractivity (Wildman–Crippen MR) is 83.5 cm³/mol. The summed E-state index contributed by atoms with van der Waals surface area (Å²) in [6.07, 6.45) is 0. The normalized spacial score (nSPS) is 11.8. The summed E-state index contributed by atoms with van der Waals surface area (Å²) in [5.74, 6) is 0. The first-order chi connectivity index (χ1) is 9.80. The minimum absolute atomic E-state index is 0.108. The molecule has 0 saturated heterocycles. The van der Waals surface area contributed by atoms with Gasteiger partial charge in [0.2, 0.25) is 10.0 Å². The Bertz CT molecular complexity index is 763. The molecule has 2 aromatic rings. The number of nitrogens with two attached hydrogens (primary N) is 1. The molecule has 0 aliphatic heterocycles. The molecule has 0 aliphatic rings. The molecule has 1 aromatic heterocycles. The Kier molecular flexibility index (Phi) is 4.51. The van der Waals surface area contributed by atoms with E-state index >= 15 is 0 Å². The number of aryl methyl sites for hydroxylation is 1. The van der Waals surface area contributed by atoms with Crippen molar-refractivity contribution in [2.45, 2.75) is 18.4 Å². The second-order valence-corrected chi connectivity index (χ2v) is 7.17. The Balaban J connectivity index is 2.28. The molecule has 0 saturated carbocycles. The van der Waals surface area contributed by atoms with Crippen LogP contribution in [0.5, 0.6) is 0 Å². The molecule has 0 unspecified atom stereocenters. The van der Waals surface area contributed by atoms with Crippen LogP contribution in [0.15, 0.2) is 41.3 Å². The largest absolute Gasteiger partial charge is 0.398 e. The SMILES string of the molecule is Cc1cccc(CN(C)S(=O)(=O)c2ccc(N)c(Cl)c2)n1. The Hall–Kier alpha value is -1.63. The quantitative estimate of drug-likeness (QED) is 0.876. The number of rotatable bonds is 4. The molecule has 5 nitrogen and oxygen atoms in total. The molecule has 0 radical (unpaired) electrons. The molecule has 1 heterocycles. The summed E-state index contributed by atoms with van der Waals surface area (Å²) in [4.78, 5) is 4.41. The van der Waals surface area contributed by atoms with Gasteiger partial charge < -0.3 is 5.73 Å². The van der Waals surface area contributed by atoms with Gasteiger partial charge in [0.05, 0.1) is 27.8 Å². The van der Waals surface area contributed by atoms with E-state index in [1.807, 2.05) is 19.1 Å². The van der Waals surface area contributed by atoms with Crippen molar-refractivity contribution in [2.75, 3.05) is 12.8 Å². The van der Waals surface area contributed by atoms with Crippen molar-refractivity contribution in [1.29, 1.82) is 0 Å². The van der Waals surface area contributed by atoms with Crippen LogP contribution in [0, 0.1) is 6.92 Å². The molecule has 0 aliphatic carbocycles. The Morgan fingerprint density at radius 3 is 2.62 bits per heavy atom. The van der Waals surface area contributed by atoms with E-state index in [-0.39, 0.29) is 16.5 Å². The van der Waals surface area contributed by atoms with Crippen LogP contribution in [-0.4, -0.2) is 24.8 Å². The van der Waals surface area contributed by atoms with Gasteiger partial charge in [0.1, 0.15) is 0 Å². The molecule has 1 aromatic carbocycles. The highest BCUT2D eigenvalue weighted by Crippen LogP contribution is 2.24. The highest BCUT2D eigenvalue weighted by molar-refractivity contribution is 7.89. The molecule has 7 heteroatoms. The highest BCUT2D eigenvalue weighted by Gasteiger charge is 2.22. The van der Waals surface area contributed by atoms with Crippen LogP contribution in [0.25, 0.3) is 0 Å². The van der Waals surface area contributed by atoms with E-state index in [4.69, 9.17) is 17.3 Å². The molecule has 2 rings (SSSR count). The second-order valence-electron chi connectivity index (χ2n) is 4.71. The molecular formula is C14H16ClN3O2S. The van der Waals surface area contributed by atoms with Gasteiger partial charge >= 0.3 is 0 Å². The summed E-state index contributed by atoms with van der Waals surface area (Å²) in [7, 11) is -2.13. The van der Waals surface area contributed by atoms with Gasteiger partial charge in [-0.1, -0.05) is 17.7 Å². The molecule has 0 atom stereocenters. The van der Waals surface area contributed by atoms with Crippen molar-refractivity contribution in [3.05, 3.63) is 52.8 Å². The molecule has 0 amide bonds. The molecule has 21 heavy (non-hydrogen) atoms. The van der Waals surface area contributed by atoms with E-state index in [9.17, 15) is 8.42 Å². The molecule has 0 spiro atoms.